The van der Waals surface area contributed by atoms with Crippen molar-refractivity contribution >= 4 is 16.6 Å². The van der Waals surface area contributed by atoms with E-state index >= 15 is 0 Å². The summed E-state index contributed by atoms with van der Waals surface area (Å²) in [7, 11) is 1.96. The molecule has 0 amide bonds. The predicted octanol–water partition coefficient (Wildman–Crippen LogP) is 2.53. The lowest BCUT2D eigenvalue weighted by Crippen LogP contribution is -2.42. The van der Waals surface area contributed by atoms with E-state index in [2.05, 4.69) is 34.4 Å². The van der Waals surface area contributed by atoms with Crippen molar-refractivity contribution in [2.24, 2.45) is 12.8 Å². The zero-order valence-corrected chi connectivity index (χ0v) is 12.1. The van der Waals surface area contributed by atoms with E-state index in [1.807, 2.05) is 25.6 Å². The van der Waals surface area contributed by atoms with Gasteiger partial charge >= 0.3 is 0 Å². The molecule has 2 heterocycles. The first kappa shape index (κ1) is 13.9. The van der Waals surface area contributed by atoms with Gasteiger partial charge in [0.15, 0.2) is 0 Å². The number of rotatable bonds is 1. The van der Waals surface area contributed by atoms with Crippen molar-refractivity contribution in [3.8, 4) is 0 Å². The van der Waals surface area contributed by atoms with Gasteiger partial charge in [-0.1, -0.05) is 19.9 Å². The first-order valence-corrected chi connectivity index (χ1v) is 7.17. The molecular weight excluding hydrogens is 236 g/mol. The molecule has 0 radical (unpaired) electrons. The number of nitrogens with two attached hydrogens (primary N) is 1. The minimum atomic E-state index is 0.302. The first-order chi connectivity index (χ1) is 9.24. The Bertz CT molecular complexity index is 532. The van der Waals surface area contributed by atoms with Crippen LogP contribution in [0, 0.1) is 0 Å². The number of hydrogen-bond acceptors (Lipinski definition) is 3. The zero-order valence-electron chi connectivity index (χ0n) is 12.1. The molecule has 1 aliphatic heterocycles. The third kappa shape index (κ3) is 2.89. The average molecular weight is 260 g/mol. The summed E-state index contributed by atoms with van der Waals surface area (Å²) in [6.45, 7) is 6.05. The molecule has 104 valence electrons. The van der Waals surface area contributed by atoms with Gasteiger partial charge in [0.1, 0.15) is 0 Å². The van der Waals surface area contributed by atoms with Gasteiger partial charge in [-0.25, -0.2) is 0 Å². The maximum Gasteiger partial charge on any atom is 0.0944 e. The van der Waals surface area contributed by atoms with Crippen LogP contribution in [0.1, 0.15) is 26.7 Å². The van der Waals surface area contributed by atoms with Crippen LogP contribution in [-0.4, -0.2) is 28.9 Å². The fourth-order valence-electron chi connectivity index (χ4n) is 2.65. The zero-order chi connectivity index (χ0) is 13.8. The Balaban J connectivity index is 0.000000637. The van der Waals surface area contributed by atoms with Gasteiger partial charge in [0.25, 0.3) is 0 Å². The second-order valence-corrected chi connectivity index (χ2v) is 4.86. The van der Waals surface area contributed by atoms with Crippen LogP contribution < -0.4 is 10.6 Å². The van der Waals surface area contributed by atoms with Crippen molar-refractivity contribution in [3.63, 3.8) is 0 Å². The molecule has 1 saturated heterocycles. The largest absolute Gasteiger partial charge is 0.369 e. The van der Waals surface area contributed by atoms with Crippen LogP contribution in [0.15, 0.2) is 24.4 Å². The lowest BCUT2D eigenvalue weighted by molar-refractivity contribution is 0.507. The minimum Gasteiger partial charge on any atom is -0.369 e. The average Bonchev–Trinajstić information content (AvgIpc) is 2.81. The molecule has 0 bridgehead atoms. The summed E-state index contributed by atoms with van der Waals surface area (Å²) < 4.78 is 1.87. The number of benzene rings is 1. The van der Waals surface area contributed by atoms with E-state index in [9.17, 15) is 0 Å². The third-order valence-electron chi connectivity index (χ3n) is 3.44. The van der Waals surface area contributed by atoms with E-state index in [4.69, 9.17) is 5.73 Å². The minimum absolute atomic E-state index is 0.302. The maximum atomic E-state index is 6.05. The molecule has 2 N–H and O–H groups in total. The van der Waals surface area contributed by atoms with Gasteiger partial charge in [-0.15, -0.1) is 0 Å². The molecular formula is C15H24N4. The van der Waals surface area contributed by atoms with Crippen molar-refractivity contribution < 1.29 is 0 Å². The topological polar surface area (TPSA) is 47.1 Å². The van der Waals surface area contributed by atoms with Gasteiger partial charge in [-0.2, -0.15) is 5.10 Å². The normalized spacial score (nSPS) is 19.2. The maximum absolute atomic E-state index is 6.05. The number of aryl methyl sites for hydroxylation is 1. The van der Waals surface area contributed by atoms with Crippen LogP contribution in [0.4, 0.5) is 5.69 Å². The number of nitrogens with zero attached hydrogens (tertiary/aromatic N) is 3. The van der Waals surface area contributed by atoms with Crippen LogP contribution >= 0.6 is 0 Å². The van der Waals surface area contributed by atoms with Crippen molar-refractivity contribution in [1.29, 1.82) is 0 Å². The lowest BCUT2D eigenvalue weighted by atomic mass is 10.0. The summed E-state index contributed by atoms with van der Waals surface area (Å²) >= 11 is 0. The molecule has 1 aromatic heterocycles. The highest BCUT2D eigenvalue weighted by atomic mass is 15.3. The van der Waals surface area contributed by atoms with Crippen LogP contribution in [-0.2, 0) is 7.05 Å². The van der Waals surface area contributed by atoms with E-state index in [1.54, 1.807) is 0 Å². The molecule has 1 atom stereocenters. The second kappa shape index (κ2) is 6.06. The summed E-state index contributed by atoms with van der Waals surface area (Å²) in [5.74, 6) is 0. The van der Waals surface area contributed by atoms with E-state index in [1.165, 1.54) is 17.5 Å². The Morgan fingerprint density at radius 3 is 2.84 bits per heavy atom. The number of fused-ring (bicyclic) bond motifs is 1. The Kier molecular flexibility index (Phi) is 4.43. The SMILES string of the molecule is CC.Cn1cc2c(N3CCCC(N)C3)cccc2n1. The van der Waals surface area contributed by atoms with Gasteiger partial charge < -0.3 is 10.6 Å². The number of anilines is 1. The van der Waals surface area contributed by atoms with E-state index < -0.39 is 0 Å². The quantitative estimate of drug-likeness (QED) is 0.857. The van der Waals surface area contributed by atoms with Crippen LogP contribution in [0.3, 0.4) is 0 Å². The lowest BCUT2D eigenvalue weighted by Gasteiger charge is -2.32. The van der Waals surface area contributed by atoms with Crippen molar-refractivity contribution in [2.75, 3.05) is 18.0 Å². The van der Waals surface area contributed by atoms with E-state index in [0.29, 0.717) is 6.04 Å². The monoisotopic (exact) mass is 260 g/mol. The van der Waals surface area contributed by atoms with Gasteiger partial charge in [-0.3, -0.25) is 4.68 Å². The molecule has 4 nitrogen and oxygen atoms in total. The van der Waals surface area contributed by atoms with Crippen LogP contribution in [0.25, 0.3) is 10.9 Å². The van der Waals surface area contributed by atoms with Gasteiger partial charge in [0, 0.05) is 43.4 Å². The van der Waals surface area contributed by atoms with Crippen LogP contribution in [0.2, 0.25) is 0 Å². The molecule has 4 heteroatoms. The fraction of sp³-hybridized carbons (Fsp3) is 0.533. The fourth-order valence-corrected chi connectivity index (χ4v) is 2.65. The van der Waals surface area contributed by atoms with Crippen LogP contribution in [0.5, 0.6) is 0 Å². The Morgan fingerprint density at radius 1 is 1.32 bits per heavy atom. The molecule has 19 heavy (non-hydrogen) atoms. The predicted molar refractivity (Wildman–Crippen MR) is 81.5 cm³/mol. The molecule has 0 spiro atoms. The molecule has 1 aliphatic rings. The van der Waals surface area contributed by atoms with Gasteiger partial charge in [-0.05, 0) is 25.0 Å². The number of aromatic nitrogens is 2. The summed E-state index contributed by atoms with van der Waals surface area (Å²) in [5.41, 5.74) is 8.38. The van der Waals surface area contributed by atoms with Crippen molar-refractivity contribution in [1.82, 2.24) is 9.78 Å². The molecule has 2 aromatic rings. The Labute approximate surface area is 115 Å². The standard InChI is InChI=1S/C13H18N4.C2H6/c1-16-9-11-12(15-16)5-2-6-13(11)17-7-3-4-10(14)8-17;1-2/h2,5-6,9-10H,3-4,7-8,14H2,1H3;1-2H3. The highest BCUT2D eigenvalue weighted by Gasteiger charge is 2.19. The number of piperidine rings is 1. The molecule has 1 unspecified atom stereocenters. The van der Waals surface area contributed by atoms with Crippen molar-refractivity contribution in [3.05, 3.63) is 24.4 Å². The molecule has 3 rings (SSSR count). The second-order valence-electron chi connectivity index (χ2n) is 4.86. The summed E-state index contributed by atoms with van der Waals surface area (Å²) in [6, 6.07) is 6.60. The smallest absolute Gasteiger partial charge is 0.0944 e. The summed E-state index contributed by atoms with van der Waals surface area (Å²) in [5, 5.41) is 5.67. The Morgan fingerprint density at radius 2 is 2.11 bits per heavy atom. The first-order valence-electron chi connectivity index (χ1n) is 7.17. The molecule has 1 fully saturated rings. The molecule has 0 aliphatic carbocycles. The molecule has 0 saturated carbocycles. The van der Waals surface area contributed by atoms with E-state index in [0.717, 1.165) is 25.0 Å². The number of hydrogen-bond donors (Lipinski definition) is 1. The van der Waals surface area contributed by atoms with Gasteiger partial charge in [0.05, 0.1) is 5.52 Å². The summed E-state index contributed by atoms with van der Waals surface area (Å²) in [6.07, 6.45) is 4.40. The highest BCUT2D eigenvalue weighted by molar-refractivity contribution is 5.91. The van der Waals surface area contributed by atoms with E-state index in [-0.39, 0.29) is 0 Å². The van der Waals surface area contributed by atoms with Gasteiger partial charge in [0.2, 0.25) is 0 Å². The summed E-state index contributed by atoms with van der Waals surface area (Å²) in [4.78, 5) is 2.39. The third-order valence-corrected chi connectivity index (χ3v) is 3.44. The molecule has 1 aromatic carbocycles. The Hall–Kier alpha value is -1.55. The highest BCUT2D eigenvalue weighted by Crippen LogP contribution is 2.27. The van der Waals surface area contributed by atoms with Crippen molar-refractivity contribution in [2.45, 2.75) is 32.7 Å².